The van der Waals surface area contributed by atoms with Crippen LogP contribution in [0.15, 0.2) is 18.2 Å². The minimum atomic E-state index is 0.246. The molecule has 1 aromatic carbocycles. The van der Waals surface area contributed by atoms with E-state index in [2.05, 4.69) is 29.0 Å². The minimum absolute atomic E-state index is 0.246. The Morgan fingerprint density at radius 1 is 1.14 bits per heavy atom. The maximum absolute atomic E-state index is 9.17. The highest BCUT2D eigenvalue weighted by molar-refractivity contribution is 5.38. The summed E-state index contributed by atoms with van der Waals surface area (Å²) in [6.07, 6.45) is 0.828. The van der Waals surface area contributed by atoms with Crippen LogP contribution in [-0.2, 0) is 6.54 Å². The maximum atomic E-state index is 9.17. The van der Waals surface area contributed by atoms with Crippen LogP contribution in [0.5, 0.6) is 11.5 Å². The molecule has 0 bridgehead atoms. The molecule has 0 amide bonds. The van der Waals surface area contributed by atoms with Gasteiger partial charge in [-0.05, 0) is 31.2 Å². The molecule has 0 spiro atoms. The van der Waals surface area contributed by atoms with Gasteiger partial charge in [-0.3, -0.25) is 4.90 Å². The van der Waals surface area contributed by atoms with Crippen molar-refractivity contribution in [2.75, 3.05) is 47.5 Å². The Bertz CT molecular complexity index is 431. The van der Waals surface area contributed by atoms with Gasteiger partial charge in [0.2, 0.25) is 0 Å². The molecule has 5 nitrogen and oxygen atoms in total. The average Bonchev–Trinajstić information content (AvgIpc) is 2.50. The van der Waals surface area contributed by atoms with Crippen molar-refractivity contribution in [2.45, 2.75) is 19.0 Å². The molecule has 1 heterocycles. The molecule has 0 aliphatic carbocycles. The van der Waals surface area contributed by atoms with E-state index in [-0.39, 0.29) is 6.61 Å². The zero-order chi connectivity index (χ0) is 15.2. The average molecular weight is 294 g/mol. The Hall–Kier alpha value is -1.30. The molecule has 21 heavy (non-hydrogen) atoms. The quantitative estimate of drug-likeness (QED) is 0.854. The lowest BCUT2D eigenvalue weighted by Crippen LogP contribution is -2.51. The smallest absolute Gasteiger partial charge is 0.122 e. The second kappa shape index (κ2) is 7.64. The van der Waals surface area contributed by atoms with Crippen molar-refractivity contribution in [2.24, 2.45) is 0 Å². The number of nitrogens with zero attached hydrogens (tertiary/aromatic N) is 2. The normalized spacial score (nSPS) is 20.5. The van der Waals surface area contributed by atoms with Crippen molar-refractivity contribution >= 4 is 0 Å². The van der Waals surface area contributed by atoms with Gasteiger partial charge in [-0.2, -0.15) is 0 Å². The third kappa shape index (κ3) is 4.33. The number of rotatable bonds is 6. The van der Waals surface area contributed by atoms with E-state index >= 15 is 0 Å². The van der Waals surface area contributed by atoms with E-state index < -0.39 is 0 Å². The van der Waals surface area contributed by atoms with Crippen LogP contribution >= 0.6 is 0 Å². The van der Waals surface area contributed by atoms with Gasteiger partial charge in [-0.15, -0.1) is 0 Å². The van der Waals surface area contributed by atoms with Crippen LogP contribution in [0.3, 0.4) is 0 Å². The standard InChI is InChI=1S/C16H26N2O3/c1-17-5-6-18(12-14(17)4-7-19)11-13-8-15(20-2)10-16(9-13)21-3/h8-10,14,19H,4-7,11-12H2,1-3H3/t14-/m0/s1. The van der Waals surface area contributed by atoms with Crippen LogP contribution in [0.2, 0.25) is 0 Å². The molecule has 0 unspecified atom stereocenters. The Morgan fingerprint density at radius 3 is 2.38 bits per heavy atom. The van der Waals surface area contributed by atoms with Gasteiger partial charge in [0.15, 0.2) is 0 Å². The molecule has 118 valence electrons. The molecule has 5 heteroatoms. The van der Waals surface area contributed by atoms with Crippen molar-refractivity contribution in [1.82, 2.24) is 9.80 Å². The van der Waals surface area contributed by atoms with Gasteiger partial charge in [-0.25, -0.2) is 0 Å². The fourth-order valence-corrected chi connectivity index (χ4v) is 2.83. The fourth-order valence-electron chi connectivity index (χ4n) is 2.83. The van der Waals surface area contributed by atoms with Crippen molar-refractivity contribution in [3.8, 4) is 11.5 Å². The van der Waals surface area contributed by atoms with Crippen molar-refractivity contribution in [1.29, 1.82) is 0 Å². The van der Waals surface area contributed by atoms with E-state index in [1.807, 2.05) is 6.07 Å². The number of aliphatic hydroxyl groups excluding tert-OH is 1. The third-order valence-corrected chi connectivity index (χ3v) is 4.14. The van der Waals surface area contributed by atoms with E-state index in [1.54, 1.807) is 14.2 Å². The highest BCUT2D eigenvalue weighted by Crippen LogP contribution is 2.24. The molecule has 0 saturated carbocycles. The first-order chi connectivity index (χ1) is 10.2. The summed E-state index contributed by atoms with van der Waals surface area (Å²) in [5, 5.41) is 9.17. The highest BCUT2D eigenvalue weighted by Gasteiger charge is 2.23. The van der Waals surface area contributed by atoms with E-state index in [0.717, 1.165) is 44.1 Å². The predicted octanol–water partition coefficient (Wildman–Crippen LogP) is 1.20. The number of ether oxygens (including phenoxy) is 2. The molecule has 1 aliphatic heterocycles. The summed E-state index contributed by atoms with van der Waals surface area (Å²) in [7, 11) is 5.48. The second-order valence-electron chi connectivity index (χ2n) is 5.60. The Morgan fingerprint density at radius 2 is 1.81 bits per heavy atom. The maximum Gasteiger partial charge on any atom is 0.122 e. The first-order valence-electron chi connectivity index (χ1n) is 7.41. The summed E-state index contributed by atoms with van der Waals surface area (Å²) in [5.74, 6) is 1.65. The van der Waals surface area contributed by atoms with Crippen molar-refractivity contribution in [3.63, 3.8) is 0 Å². The van der Waals surface area contributed by atoms with Crippen molar-refractivity contribution < 1.29 is 14.6 Å². The lowest BCUT2D eigenvalue weighted by Gasteiger charge is -2.39. The van der Waals surface area contributed by atoms with Crippen LogP contribution in [0.25, 0.3) is 0 Å². The van der Waals surface area contributed by atoms with Gasteiger partial charge >= 0.3 is 0 Å². The topological polar surface area (TPSA) is 45.2 Å². The monoisotopic (exact) mass is 294 g/mol. The summed E-state index contributed by atoms with van der Waals surface area (Å²) in [6, 6.07) is 6.43. The zero-order valence-electron chi connectivity index (χ0n) is 13.2. The van der Waals surface area contributed by atoms with Gasteiger partial charge in [0.1, 0.15) is 11.5 Å². The van der Waals surface area contributed by atoms with E-state index in [9.17, 15) is 5.11 Å². The summed E-state index contributed by atoms with van der Waals surface area (Å²) >= 11 is 0. The van der Waals surface area contributed by atoms with Crippen LogP contribution in [0.1, 0.15) is 12.0 Å². The number of piperazine rings is 1. The molecule has 0 aromatic heterocycles. The van der Waals surface area contributed by atoms with Gasteiger partial charge in [0.05, 0.1) is 14.2 Å². The van der Waals surface area contributed by atoms with Crippen LogP contribution in [0.4, 0.5) is 0 Å². The molecule has 1 N–H and O–H groups in total. The first-order valence-corrected chi connectivity index (χ1v) is 7.41. The molecule has 1 aliphatic rings. The minimum Gasteiger partial charge on any atom is -0.497 e. The van der Waals surface area contributed by atoms with Gasteiger partial charge in [0.25, 0.3) is 0 Å². The number of hydrogen-bond donors (Lipinski definition) is 1. The van der Waals surface area contributed by atoms with Gasteiger partial charge in [0, 0.05) is 44.9 Å². The molecule has 1 aromatic rings. The van der Waals surface area contributed by atoms with Crippen LogP contribution in [0, 0.1) is 0 Å². The van der Waals surface area contributed by atoms with Gasteiger partial charge in [-0.1, -0.05) is 0 Å². The Balaban J connectivity index is 2.03. The second-order valence-corrected chi connectivity index (χ2v) is 5.60. The molecular weight excluding hydrogens is 268 g/mol. The number of likely N-dealkylation sites (N-methyl/N-ethyl adjacent to an activating group) is 1. The molecule has 1 saturated heterocycles. The summed E-state index contributed by atoms with van der Waals surface area (Å²) in [4.78, 5) is 4.76. The Labute approximate surface area is 127 Å². The fraction of sp³-hybridized carbons (Fsp3) is 0.625. The van der Waals surface area contributed by atoms with E-state index in [0.29, 0.717) is 6.04 Å². The van der Waals surface area contributed by atoms with Crippen LogP contribution < -0.4 is 9.47 Å². The zero-order valence-corrected chi connectivity index (χ0v) is 13.2. The summed E-state index contributed by atoms with van der Waals surface area (Å²) in [6.45, 7) is 4.18. The van der Waals surface area contributed by atoms with E-state index in [4.69, 9.17) is 9.47 Å². The summed E-state index contributed by atoms with van der Waals surface area (Å²) in [5.41, 5.74) is 1.19. The molecule has 1 fully saturated rings. The number of hydrogen-bond acceptors (Lipinski definition) is 5. The molecule has 0 radical (unpaired) electrons. The lowest BCUT2D eigenvalue weighted by molar-refractivity contribution is 0.0742. The SMILES string of the molecule is COc1cc(CN2CCN(C)[C@@H](CCO)C2)cc(OC)c1. The first kappa shape index (κ1) is 16.1. The van der Waals surface area contributed by atoms with E-state index in [1.165, 1.54) is 5.56 Å². The number of benzene rings is 1. The largest absolute Gasteiger partial charge is 0.497 e. The number of aliphatic hydroxyl groups is 1. The third-order valence-electron chi connectivity index (χ3n) is 4.14. The molecule has 1 atom stereocenters. The summed E-state index contributed by atoms with van der Waals surface area (Å²) < 4.78 is 10.6. The predicted molar refractivity (Wildman–Crippen MR) is 82.9 cm³/mol. The lowest BCUT2D eigenvalue weighted by atomic mass is 10.1. The Kier molecular flexibility index (Phi) is 5.85. The number of methoxy groups -OCH3 is 2. The van der Waals surface area contributed by atoms with Crippen LogP contribution in [-0.4, -0.2) is 68.5 Å². The van der Waals surface area contributed by atoms with Gasteiger partial charge < -0.3 is 19.5 Å². The molecule has 2 rings (SSSR count). The highest BCUT2D eigenvalue weighted by atomic mass is 16.5. The molecular formula is C16H26N2O3. The van der Waals surface area contributed by atoms with Crippen molar-refractivity contribution in [3.05, 3.63) is 23.8 Å².